The zero-order valence-corrected chi connectivity index (χ0v) is 21.8. The summed E-state index contributed by atoms with van der Waals surface area (Å²) in [5, 5.41) is 0. The summed E-state index contributed by atoms with van der Waals surface area (Å²) in [6.07, 6.45) is 2.15. The number of amides is 1. The average molecular weight is 504 g/mol. The fraction of sp³-hybridized carbons (Fsp3) is 0.212. The fourth-order valence-corrected chi connectivity index (χ4v) is 4.60. The van der Waals surface area contributed by atoms with Crippen LogP contribution in [-0.2, 0) is 26.2 Å². The minimum atomic E-state index is -0.0101. The van der Waals surface area contributed by atoms with Gasteiger partial charge in [0.05, 0.1) is 17.6 Å². The molecule has 0 saturated heterocycles. The van der Waals surface area contributed by atoms with E-state index in [2.05, 4.69) is 29.7 Å². The van der Waals surface area contributed by atoms with Crippen molar-refractivity contribution in [1.82, 2.24) is 14.5 Å². The molecule has 0 radical (unpaired) electrons. The zero-order chi connectivity index (χ0) is 26.2. The second kappa shape index (κ2) is 12.2. The number of carbonyl (C=O) groups excluding carboxylic acids is 1. The van der Waals surface area contributed by atoms with E-state index in [9.17, 15) is 4.79 Å². The summed E-state index contributed by atoms with van der Waals surface area (Å²) in [5.41, 5.74) is 4.92. The summed E-state index contributed by atoms with van der Waals surface area (Å²) in [7, 11) is 0. The quantitative estimate of drug-likeness (QED) is 0.191. The van der Waals surface area contributed by atoms with Crippen molar-refractivity contribution in [2.24, 2.45) is 0 Å². The molecule has 5 nitrogen and oxygen atoms in total. The molecule has 5 aromatic rings. The number of nitrogens with zero attached hydrogens (tertiary/aromatic N) is 3. The van der Waals surface area contributed by atoms with Gasteiger partial charge in [-0.05, 0) is 53.9 Å². The average Bonchev–Trinajstić information content (AvgIpc) is 3.32. The van der Waals surface area contributed by atoms with E-state index in [1.165, 1.54) is 0 Å². The van der Waals surface area contributed by atoms with E-state index < -0.39 is 0 Å². The van der Waals surface area contributed by atoms with E-state index in [1.54, 1.807) is 0 Å². The Hall–Kier alpha value is -4.38. The Morgan fingerprint density at radius 1 is 0.789 bits per heavy atom. The Bertz CT molecular complexity index is 1460. The highest BCUT2D eigenvalue weighted by Crippen LogP contribution is 2.22. The van der Waals surface area contributed by atoms with Crippen molar-refractivity contribution in [1.29, 1.82) is 0 Å². The van der Waals surface area contributed by atoms with E-state index in [0.717, 1.165) is 53.1 Å². The highest BCUT2D eigenvalue weighted by molar-refractivity contribution is 5.94. The topological polar surface area (TPSA) is 47.4 Å². The summed E-state index contributed by atoms with van der Waals surface area (Å²) in [4.78, 5) is 20.5. The Morgan fingerprint density at radius 2 is 1.47 bits per heavy atom. The number of aryl methyl sites for hydroxylation is 1. The minimum Gasteiger partial charge on any atom is -0.489 e. The molecule has 1 aromatic heterocycles. The summed E-state index contributed by atoms with van der Waals surface area (Å²) >= 11 is 0. The third-order valence-electron chi connectivity index (χ3n) is 6.65. The molecule has 0 aliphatic rings. The Kier molecular flexibility index (Phi) is 8.14. The van der Waals surface area contributed by atoms with E-state index in [-0.39, 0.29) is 5.91 Å². The number of benzene rings is 4. The van der Waals surface area contributed by atoms with Gasteiger partial charge in [-0.1, -0.05) is 86.1 Å². The first-order valence-electron chi connectivity index (χ1n) is 13.3. The van der Waals surface area contributed by atoms with Gasteiger partial charge in [0.2, 0.25) is 0 Å². The van der Waals surface area contributed by atoms with Gasteiger partial charge in [0, 0.05) is 18.7 Å². The summed E-state index contributed by atoms with van der Waals surface area (Å²) < 4.78 is 8.23. The van der Waals surface area contributed by atoms with Gasteiger partial charge < -0.3 is 14.2 Å². The molecule has 0 atom stereocenters. The van der Waals surface area contributed by atoms with Gasteiger partial charge in [-0.25, -0.2) is 4.98 Å². The zero-order valence-electron chi connectivity index (χ0n) is 21.8. The van der Waals surface area contributed by atoms with E-state index in [1.807, 2.05) is 95.9 Å². The van der Waals surface area contributed by atoms with Crippen LogP contribution < -0.4 is 4.74 Å². The van der Waals surface area contributed by atoms with Crippen LogP contribution in [0.15, 0.2) is 109 Å². The molecule has 1 heterocycles. The van der Waals surface area contributed by atoms with E-state index in [0.29, 0.717) is 25.3 Å². The van der Waals surface area contributed by atoms with Crippen LogP contribution in [0.1, 0.15) is 47.1 Å². The lowest BCUT2D eigenvalue weighted by Crippen LogP contribution is -2.31. The molecule has 0 spiro atoms. The molecular formula is C33H33N3O2. The SMILES string of the molecule is CCCCn1c(CN(Cc2ccc(OCc3ccccc3)cc2)C(=O)c2ccccc2)nc2ccccc21. The summed E-state index contributed by atoms with van der Waals surface area (Å²) in [6.45, 7) is 4.50. The molecule has 4 aromatic carbocycles. The highest BCUT2D eigenvalue weighted by atomic mass is 16.5. The van der Waals surface area contributed by atoms with E-state index >= 15 is 0 Å². The number of para-hydroxylation sites is 2. The van der Waals surface area contributed by atoms with Crippen molar-refractivity contribution in [3.05, 3.63) is 132 Å². The lowest BCUT2D eigenvalue weighted by atomic mass is 10.1. The van der Waals surface area contributed by atoms with E-state index in [4.69, 9.17) is 9.72 Å². The molecule has 38 heavy (non-hydrogen) atoms. The number of fused-ring (bicyclic) bond motifs is 1. The molecular weight excluding hydrogens is 470 g/mol. The molecule has 0 unspecified atom stereocenters. The van der Waals surface area contributed by atoms with Gasteiger partial charge in [-0.2, -0.15) is 0 Å². The van der Waals surface area contributed by atoms with Crippen LogP contribution in [0, 0.1) is 0 Å². The maximum Gasteiger partial charge on any atom is 0.254 e. The molecule has 0 aliphatic carbocycles. The van der Waals surface area contributed by atoms with Crippen LogP contribution in [-0.4, -0.2) is 20.4 Å². The van der Waals surface area contributed by atoms with Crippen molar-refractivity contribution in [2.75, 3.05) is 0 Å². The van der Waals surface area contributed by atoms with Crippen LogP contribution in [0.25, 0.3) is 11.0 Å². The van der Waals surface area contributed by atoms with Crippen LogP contribution >= 0.6 is 0 Å². The predicted octanol–water partition coefficient (Wildman–Crippen LogP) is 7.26. The summed E-state index contributed by atoms with van der Waals surface area (Å²) in [6, 6.07) is 35.8. The fourth-order valence-electron chi connectivity index (χ4n) is 4.60. The normalized spacial score (nSPS) is 11.0. The van der Waals surface area contributed by atoms with Crippen LogP contribution in [0.4, 0.5) is 0 Å². The first kappa shape index (κ1) is 25.3. The summed E-state index contributed by atoms with van der Waals surface area (Å²) in [5.74, 6) is 1.70. The third-order valence-corrected chi connectivity index (χ3v) is 6.65. The number of unbranched alkanes of at least 4 members (excludes halogenated alkanes) is 1. The second-order valence-electron chi connectivity index (χ2n) is 9.47. The maximum atomic E-state index is 13.7. The van der Waals surface area contributed by atoms with Crippen molar-refractivity contribution in [2.45, 2.75) is 46.0 Å². The number of rotatable bonds is 11. The molecule has 1 amide bonds. The Morgan fingerprint density at radius 3 is 2.21 bits per heavy atom. The number of aromatic nitrogens is 2. The molecule has 0 N–H and O–H groups in total. The number of imidazole rings is 1. The molecule has 0 aliphatic heterocycles. The lowest BCUT2D eigenvalue weighted by molar-refractivity contribution is 0.0723. The van der Waals surface area contributed by atoms with Gasteiger partial charge >= 0.3 is 0 Å². The van der Waals surface area contributed by atoms with Crippen LogP contribution in [0.5, 0.6) is 5.75 Å². The number of carbonyl (C=O) groups is 1. The highest BCUT2D eigenvalue weighted by Gasteiger charge is 2.20. The third kappa shape index (κ3) is 6.12. The van der Waals surface area contributed by atoms with Crippen LogP contribution in [0.2, 0.25) is 0 Å². The van der Waals surface area contributed by atoms with Crippen molar-refractivity contribution in [3.63, 3.8) is 0 Å². The van der Waals surface area contributed by atoms with Gasteiger partial charge in [0.15, 0.2) is 0 Å². The van der Waals surface area contributed by atoms with Crippen molar-refractivity contribution < 1.29 is 9.53 Å². The van der Waals surface area contributed by atoms with Crippen molar-refractivity contribution >= 4 is 16.9 Å². The number of ether oxygens (including phenoxy) is 1. The van der Waals surface area contributed by atoms with Gasteiger partial charge in [0.25, 0.3) is 5.91 Å². The minimum absolute atomic E-state index is 0.0101. The lowest BCUT2D eigenvalue weighted by Gasteiger charge is -2.23. The molecule has 5 heteroatoms. The number of hydrogen-bond donors (Lipinski definition) is 0. The molecule has 5 rings (SSSR count). The first-order chi connectivity index (χ1) is 18.7. The van der Waals surface area contributed by atoms with Crippen molar-refractivity contribution in [3.8, 4) is 5.75 Å². The van der Waals surface area contributed by atoms with Gasteiger partial charge in [-0.15, -0.1) is 0 Å². The smallest absolute Gasteiger partial charge is 0.254 e. The maximum absolute atomic E-state index is 13.7. The Labute approximate surface area is 224 Å². The Balaban J connectivity index is 1.38. The monoisotopic (exact) mass is 503 g/mol. The number of hydrogen-bond acceptors (Lipinski definition) is 3. The van der Waals surface area contributed by atoms with Gasteiger partial charge in [0.1, 0.15) is 18.2 Å². The molecule has 0 fully saturated rings. The standard InChI is InChI=1S/C33H33N3O2/c1-2-3-22-36-31-17-11-10-16-30(31)34-32(36)24-35(33(37)28-14-8-5-9-15-28)23-26-18-20-29(21-19-26)38-25-27-12-6-4-7-13-27/h4-21H,2-3,22-25H2,1H3. The first-order valence-corrected chi connectivity index (χ1v) is 13.3. The molecule has 192 valence electrons. The largest absolute Gasteiger partial charge is 0.489 e. The second-order valence-corrected chi connectivity index (χ2v) is 9.47. The molecule has 0 saturated carbocycles. The predicted molar refractivity (Wildman–Crippen MR) is 152 cm³/mol. The van der Waals surface area contributed by atoms with Gasteiger partial charge in [-0.3, -0.25) is 4.79 Å². The van der Waals surface area contributed by atoms with Crippen LogP contribution in [0.3, 0.4) is 0 Å². The molecule has 0 bridgehead atoms.